The van der Waals surface area contributed by atoms with Gasteiger partial charge in [0.2, 0.25) is 11.1 Å². The van der Waals surface area contributed by atoms with Crippen molar-refractivity contribution in [2.45, 2.75) is 31.3 Å². The molecule has 0 bridgehead atoms. The van der Waals surface area contributed by atoms with Crippen LogP contribution in [0.4, 0.5) is 10.1 Å². The highest BCUT2D eigenvalue weighted by Gasteiger charge is 2.33. The van der Waals surface area contributed by atoms with Crippen LogP contribution in [0.2, 0.25) is 5.02 Å². The molecule has 27 heavy (non-hydrogen) atoms. The van der Waals surface area contributed by atoms with Gasteiger partial charge in [-0.2, -0.15) is 5.16 Å². The molecule has 1 aliphatic carbocycles. The Bertz CT molecular complexity index is 1180. The molecule has 1 atom stereocenters. The van der Waals surface area contributed by atoms with Crippen molar-refractivity contribution in [1.82, 2.24) is 9.72 Å². The number of nitrogens with zero attached hydrogens (tertiary/aromatic N) is 2. The van der Waals surface area contributed by atoms with E-state index in [0.29, 0.717) is 18.6 Å². The molecule has 2 fully saturated rings. The molecule has 2 aliphatic rings. The van der Waals surface area contributed by atoms with Crippen molar-refractivity contribution in [2.24, 2.45) is 5.73 Å². The van der Waals surface area contributed by atoms with Crippen LogP contribution in [0, 0.1) is 5.82 Å². The van der Waals surface area contributed by atoms with Crippen LogP contribution >= 0.6 is 24.0 Å². The van der Waals surface area contributed by atoms with E-state index in [4.69, 9.17) is 21.9 Å². The molecule has 3 heterocycles. The standard InChI is InChI=1S/C17H16ClFN4O3.ClH/c18-12-13-9(5-10(19)14(12)22-4-3-7(20)6-22)15(24)11-16(25)21-26-17(11)23(13)8-1-2-8;/h5,7-8H,1-4,6,20H2,(H,21,25);1H. The van der Waals surface area contributed by atoms with Gasteiger partial charge >= 0.3 is 0 Å². The van der Waals surface area contributed by atoms with Gasteiger partial charge in [-0.05, 0) is 25.3 Å². The lowest BCUT2D eigenvalue weighted by molar-refractivity contribution is 0.428. The number of H-pyrrole nitrogens is 1. The molecule has 1 aliphatic heterocycles. The molecule has 0 spiro atoms. The van der Waals surface area contributed by atoms with Crippen LogP contribution in [0.25, 0.3) is 22.0 Å². The number of hydrogen-bond acceptors (Lipinski definition) is 5. The Balaban J connectivity index is 0.00000180. The Labute approximate surface area is 163 Å². The van der Waals surface area contributed by atoms with Crippen molar-refractivity contribution in [3.8, 4) is 0 Å². The average Bonchev–Trinajstić information content (AvgIpc) is 3.23. The third-order valence-electron chi connectivity index (χ3n) is 5.23. The Kier molecular flexibility index (Phi) is 4.25. The Hall–Kier alpha value is -2.03. The van der Waals surface area contributed by atoms with Gasteiger partial charge in [-0.15, -0.1) is 12.4 Å². The zero-order chi connectivity index (χ0) is 18.2. The molecule has 1 aromatic carbocycles. The molecule has 10 heteroatoms. The summed E-state index contributed by atoms with van der Waals surface area (Å²) in [5.74, 6) is -0.588. The third-order valence-corrected chi connectivity index (χ3v) is 5.59. The predicted octanol–water partition coefficient (Wildman–Crippen LogP) is 2.52. The number of aromatic nitrogens is 2. The van der Waals surface area contributed by atoms with Crippen molar-refractivity contribution < 1.29 is 8.91 Å². The highest BCUT2D eigenvalue weighted by molar-refractivity contribution is 6.38. The molecule has 5 rings (SSSR count). The van der Waals surface area contributed by atoms with Gasteiger partial charge in [-0.1, -0.05) is 11.6 Å². The van der Waals surface area contributed by atoms with E-state index in [1.165, 1.54) is 6.07 Å². The fourth-order valence-electron chi connectivity index (χ4n) is 3.87. The van der Waals surface area contributed by atoms with Gasteiger partial charge in [0.1, 0.15) is 5.82 Å². The van der Waals surface area contributed by atoms with Crippen molar-refractivity contribution in [3.63, 3.8) is 0 Å². The number of hydrogen-bond donors (Lipinski definition) is 2. The predicted molar refractivity (Wildman–Crippen MR) is 104 cm³/mol. The summed E-state index contributed by atoms with van der Waals surface area (Å²) in [4.78, 5) is 26.6. The first-order valence-corrected chi connectivity index (χ1v) is 8.93. The summed E-state index contributed by atoms with van der Waals surface area (Å²) in [5, 5.41) is 2.35. The second kappa shape index (κ2) is 6.25. The minimum Gasteiger partial charge on any atom is -0.366 e. The molecule has 1 saturated carbocycles. The number of nitrogens with one attached hydrogen (secondary N) is 1. The number of nitrogens with two attached hydrogens (primary N) is 1. The topological polar surface area (TPSA) is 97.3 Å². The van der Waals surface area contributed by atoms with E-state index >= 15 is 0 Å². The van der Waals surface area contributed by atoms with Gasteiger partial charge in [0, 0.05) is 25.2 Å². The third kappa shape index (κ3) is 2.58. The van der Waals surface area contributed by atoms with E-state index in [9.17, 15) is 14.0 Å². The molecular formula is C17H17Cl2FN4O3. The zero-order valence-electron chi connectivity index (χ0n) is 14.1. The van der Waals surface area contributed by atoms with Crippen LogP contribution in [-0.2, 0) is 0 Å². The van der Waals surface area contributed by atoms with Crippen LogP contribution in [0.15, 0.2) is 20.2 Å². The smallest absolute Gasteiger partial charge is 0.293 e. The normalized spacial score (nSPS) is 19.8. The number of halogens is 3. The molecule has 7 nitrogen and oxygen atoms in total. The highest BCUT2D eigenvalue weighted by atomic mass is 35.5. The molecule has 3 N–H and O–H groups in total. The summed E-state index contributed by atoms with van der Waals surface area (Å²) < 4.78 is 21.9. The van der Waals surface area contributed by atoms with E-state index in [1.807, 2.05) is 0 Å². The largest absolute Gasteiger partial charge is 0.366 e. The summed E-state index contributed by atoms with van der Waals surface area (Å²) >= 11 is 6.62. The second-order valence-corrected chi connectivity index (χ2v) is 7.43. The van der Waals surface area contributed by atoms with Crippen LogP contribution in [0.3, 0.4) is 0 Å². The number of pyridine rings is 1. The van der Waals surface area contributed by atoms with E-state index in [-0.39, 0.29) is 51.7 Å². The van der Waals surface area contributed by atoms with Gasteiger partial charge in [0.05, 0.1) is 21.6 Å². The van der Waals surface area contributed by atoms with E-state index < -0.39 is 16.8 Å². The minimum absolute atomic E-state index is 0. The minimum atomic E-state index is -0.618. The van der Waals surface area contributed by atoms with Crippen LogP contribution < -0.4 is 21.6 Å². The lowest BCUT2D eigenvalue weighted by Gasteiger charge is -2.22. The lowest BCUT2D eigenvalue weighted by Crippen LogP contribution is -2.27. The second-order valence-electron chi connectivity index (χ2n) is 7.06. The number of anilines is 1. The zero-order valence-corrected chi connectivity index (χ0v) is 15.7. The van der Waals surface area contributed by atoms with Gasteiger partial charge in [-0.3, -0.25) is 9.59 Å². The van der Waals surface area contributed by atoms with Crippen molar-refractivity contribution in [3.05, 3.63) is 37.5 Å². The molecule has 2 aromatic heterocycles. The Morgan fingerprint density at radius 2 is 2.04 bits per heavy atom. The van der Waals surface area contributed by atoms with Gasteiger partial charge in [0.15, 0.2) is 5.39 Å². The SMILES string of the molecule is Cl.NC1CCN(c2c(F)cc3c(=O)c4c(=O)[nH]oc4n(C4CC4)c3c2Cl)C1. The number of aromatic amines is 1. The molecule has 144 valence electrons. The Morgan fingerprint density at radius 1 is 1.30 bits per heavy atom. The van der Waals surface area contributed by atoms with Crippen LogP contribution in [0.1, 0.15) is 25.3 Å². The fourth-order valence-corrected chi connectivity index (χ4v) is 4.27. The van der Waals surface area contributed by atoms with Crippen molar-refractivity contribution in [2.75, 3.05) is 18.0 Å². The van der Waals surface area contributed by atoms with Crippen molar-refractivity contribution in [1.29, 1.82) is 0 Å². The maximum absolute atomic E-state index is 14.9. The average molecular weight is 415 g/mol. The molecular weight excluding hydrogens is 398 g/mol. The first-order chi connectivity index (χ1) is 12.5. The molecule has 1 unspecified atom stereocenters. The summed E-state index contributed by atoms with van der Waals surface area (Å²) in [6.45, 7) is 1.09. The van der Waals surface area contributed by atoms with Gasteiger partial charge in [0.25, 0.3) is 5.56 Å². The van der Waals surface area contributed by atoms with Crippen molar-refractivity contribution >= 4 is 51.7 Å². The lowest BCUT2D eigenvalue weighted by atomic mass is 10.1. The number of rotatable bonds is 2. The Morgan fingerprint density at radius 3 is 2.67 bits per heavy atom. The van der Waals surface area contributed by atoms with Crippen LogP contribution in [0.5, 0.6) is 0 Å². The summed E-state index contributed by atoms with van der Waals surface area (Å²) in [7, 11) is 0. The molecule has 3 aromatic rings. The maximum Gasteiger partial charge on any atom is 0.293 e. The summed E-state index contributed by atoms with van der Waals surface area (Å²) in [6.07, 6.45) is 2.49. The van der Waals surface area contributed by atoms with Gasteiger partial charge < -0.3 is 19.7 Å². The summed E-state index contributed by atoms with van der Waals surface area (Å²) in [6, 6.07) is 1.20. The highest BCUT2D eigenvalue weighted by Crippen LogP contribution is 2.43. The maximum atomic E-state index is 14.9. The van der Waals surface area contributed by atoms with E-state index in [2.05, 4.69) is 5.16 Å². The molecule has 0 amide bonds. The van der Waals surface area contributed by atoms with Gasteiger partial charge in [-0.25, -0.2) is 4.39 Å². The first kappa shape index (κ1) is 18.3. The fraction of sp³-hybridized carbons (Fsp3) is 0.412. The molecule has 1 saturated heterocycles. The first-order valence-electron chi connectivity index (χ1n) is 8.55. The van der Waals surface area contributed by atoms with Crippen LogP contribution in [-0.4, -0.2) is 28.9 Å². The monoisotopic (exact) mass is 414 g/mol. The molecule has 0 radical (unpaired) electrons. The number of benzene rings is 1. The van der Waals surface area contributed by atoms with E-state index in [1.54, 1.807) is 9.47 Å². The number of fused-ring (bicyclic) bond motifs is 2. The quantitative estimate of drug-likeness (QED) is 0.671. The summed E-state index contributed by atoms with van der Waals surface area (Å²) in [5.41, 5.74) is 5.57. The van der Waals surface area contributed by atoms with E-state index in [0.717, 1.165) is 19.3 Å².